The Balaban J connectivity index is 2.74. The molecule has 0 saturated heterocycles. The summed E-state index contributed by atoms with van der Waals surface area (Å²) < 4.78 is 5.28. The summed E-state index contributed by atoms with van der Waals surface area (Å²) in [5.41, 5.74) is -0.719. The second-order valence-electron chi connectivity index (χ2n) is 3.04. The van der Waals surface area contributed by atoms with Gasteiger partial charge in [-0.1, -0.05) is 23.2 Å². The largest absolute Gasteiger partial charge is 0.450 e. The van der Waals surface area contributed by atoms with Crippen LogP contribution in [-0.2, 0) is 16.1 Å². The number of rotatable bonds is 3. The van der Waals surface area contributed by atoms with Gasteiger partial charge in [0, 0.05) is 0 Å². The first-order chi connectivity index (χ1) is 8.45. The number of carbonyl (C=O) groups excluding carboxylic acids is 2. The van der Waals surface area contributed by atoms with Crippen molar-refractivity contribution in [2.75, 3.05) is 6.61 Å². The topological polar surface area (TPSA) is 90.3 Å². The third-order valence-corrected chi connectivity index (χ3v) is 2.50. The lowest BCUT2D eigenvalue weighted by atomic mass is 10.5. The Morgan fingerprint density at radius 2 is 2.17 bits per heavy atom. The minimum Gasteiger partial charge on any atom is -0.450 e. The Labute approximate surface area is 112 Å². The molecule has 0 spiro atoms. The summed E-state index contributed by atoms with van der Waals surface area (Å²) in [7, 11) is 0. The molecule has 0 saturated carbocycles. The molecule has 0 aliphatic carbocycles. The van der Waals surface area contributed by atoms with E-state index in [1.165, 1.54) is 0 Å². The maximum atomic E-state index is 11.5. The molecule has 1 aromatic rings. The third kappa shape index (κ3) is 3.71. The Bertz CT molecular complexity index is 529. The zero-order valence-corrected chi connectivity index (χ0v) is 10.8. The molecule has 1 N–H and O–H groups in total. The smallest absolute Gasteiger partial charge is 0.413 e. The standard InChI is InChI=1S/C9H9Cl2N3O4/c1-2-18-9(17)13-6(15)4-14-8(16)7(11)5(10)3-12-14/h3H,2,4H2,1H3,(H,13,15,17). The van der Waals surface area contributed by atoms with Gasteiger partial charge < -0.3 is 4.74 Å². The van der Waals surface area contributed by atoms with E-state index in [0.717, 1.165) is 10.9 Å². The minimum absolute atomic E-state index is 0.0104. The van der Waals surface area contributed by atoms with Crippen molar-refractivity contribution >= 4 is 35.2 Å². The van der Waals surface area contributed by atoms with Crippen LogP contribution in [-0.4, -0.2) is 28.4 Å². The summed E-state index contributed by atoms with van der Waals surface area (Å²) in [5, 5.41) is 5.27. The van der Waals surface area contributed by atoms with Crippen LogP contribution >= 0.6 is 23.2 Å². The van der Waals surface area contributed by atoms with Gasteiger partial charge >= 0.3 is 6.09 Å². The van der Waals surface area contributed by atoms with Crippen LogP contribution in [0.4, 0.5) is 4.79 Å². The predicted molar refractivity (Wildman–Crippen MR) is 63.7 cm³/mol. The number of halogens is 2. The average Bonchev–Trinajstić information content (AvgIpc) is 2.30. The Kier molecular flexibility index (Phi) is 5.11. The molecule has 0 fully saturated rings. The molecule has 2 amide bonds. The van der Waals surface area contributed by atoms with E-state index in [-0.39, 0.29) is 16.7 Å². The van der Waals surface area contributed by atoms with Crippen LogP contribution in [0.25, 0.3) is 0 Å². The van der Waals surface area contributed by atoms with Gasteiger partial charge in [-0.25, -0.2) is 9.48 Å². The minimum atomic E-state index is -0.893. The van der Waals surface area contributed by atoms with Crippen LogP contribution in [0.2, 0.25) is 10.0 Å². The fourth-order valence-electron chi connectivity index (χ4n) is 1.01. The lowest BCUT2D eigenvalue weighted by Gasteiger charge is -2.06. The quantitative estimate of drug-likeness (QED) is 0.891. The second-order valence-corrected chi connectivity index (χ2v) is 3.82. The van der Waals surface area contributed by atoms with E-state index < -0.39 is 24.1 Å². The van der Waals surface area contributed by atoms with Crippen LogP contribution in [0, 0.1) is 0 Å². The monoisotopic (exact) mass is 293 g/mol. The van der Waals surface area contributed by atoms with Crippen LogP contribution in [0.3, 0.4) is 0 Å². The number of amides is 2. The van der Waals surface area contributed by atoms with Gasteiger partial charge in [0.25, 0.3) is 11.5 Å². The van der Waals surface area contributed by atoms with Crippen LogP contribution in [0.1, 0.15) is 6.92 Å². The van der Waals surface area contributed by atoms with Crippen molar-refractivity contribution in [3.05, 3.63) is 26.6 Å². The molecule has 0 unspecified atom stereocenters. The van der Waals surface area contributed by atoms with Crippen molar-refractivity contribution in [1.29, 1.82) is 0 Å². The van der Waals surface area contributed by atoms with Crippen LogP contribution in [0.15, 0.2) is 11.0 Å². The number of nitrogens with zero attached hydrogens (tertiary/aromatic N) is 2. The first-order valence-electron chi connectivity index (χ1n) is 4.83. The average molecular weight is 294 g/mol. The maximum Gasteiger partial charge on any atom is 0.413 e. The molecule has 18 heavy (non-hydrogen) atoms. The lowest BCUT2D eigenvalue weighted by molar-refractivity contribution is -0.121. The maximum absolute atomic E-state index is 11.5. The molecule has 0 aliphatic heterocycles. The van der Waals surface area contributed by atoms with E-state index in [0.29, 0.717) is 0 Å². The lowest BCUT2D eigenvalue weighted by Crippen LogP contribution is -2.37. The second kappa shape index (κ2) is 6.36. The van der Waals surface area contributed by atoms with Gasteiger partial charge in [0.05, 0.1) is 17.8 Å². The summed E-state index contributed by atoms with van der Waals surface area (Å²) in [6.45, 7) is 1.26. The number of hydrogen-bond acceptors (Lipinski definition) is 5. The van der Waals surface area contributed by atoms with Crippen LogP contribution < -0.4 is 10.9 Å². The Hall–Kier alpha value is -1.60. The highest BCUT2D eigenvalue weighted by Crippen LogP contribution is 2.14. The highest BCUT2D eigenvalue weighted by atomic mass is 35.5. The SMILES string of the molecule is CCOC(=O)NC(=O)Cn1ncc(Cl)c(Cl)c1=O. The zero-order chi connectivity index (χ0) is 13.7. The van der Waals surface area contributed by atoms with Crippen molar-refractivity contribution in [2.24, 2.45) is 0 Å². The van der Waals surface area contributed by atoms with E-state index >= 15 is 0 Å². The highest BCUT2D eigenvalue weighted by molar-refractivity contribution is 6.41. The molecule has 0 aromatic carbocycles. The fourth-order valence-corrected chi connectivity index (χ4v) is 1.28. The van der Waals surface area contributed by atoms with Crippen molar-refractivity contribution in [3.63, 3.8) is 0 Å². The Morgan fingerprint density at radius 3 is 2.78 bits per heavy atom. The van der Waals surface area contributed by atoms with Gasteiger partial charge in [-0.15, -0.1) is 0 Å². The van der Waals surface area contributed by atoms with E-state index in [4.69, 9.17) is 23.2 Å². The Morgan fingerprint density at radius 1 is 1.50 bits per heavy atom. The normalized spacial score (nSPS) is 9.94. The molecule has 98 valence electrons. The summed E-state index contributed by atoms with van der Waals surface area (Å²) in [5.74, 6) is -0.749. The number of aromatic nitrogens is 2. The summed E-state index contributed by atoms with van der Waals surface area (Å²) in [4.78, 5) is 33.8. The van der Waals surface area contributed by atoms with Crippen molar-refractivity contribution in [3.8, 4) is 0 Å². The van der Waals surface area contributed by atoms with Gasteiger partial charge in [0.2, 0.25) is 0 Å². The molecule has 7 nitrogen and oxygen atoms in total. The first kappa shape index (κ1) is 14.5. The van der Waals surface area contributed by atoms with E-state index in [1.807, 2.05) is 5.32 Å². The fraction of sp³-hybridized carbons (Fsp3) is 0.333. The highest BCUT2D eigenvalue weighted by Gasteiger charge is 2.13. The van der Waals surface area contributed by atoms with Gasteiger partial charge in [0.1, 0.15) is 11.6 Å². The van der Waals surface area contributed by atoms with Gasteiger partial charge in [-0.3, -0.25) is 14.9 Å². The summed E-state index contributed by atoms with van der Waals surface area (Å²) in [6.07, 6.45) is 0.235. The third-order valence-electron chi connectivity index (χ3n) is 1.75. The zero-order valence-electron chi connectivity index (χ0n) is 9.27. The molecule has 1 rings (SSSR count). The van der Waals surface area contributed by atoms with Crippen molar-refractivity contribution in [1.82, 2.24) is 15.1 Å². The van der Waals surface area contributed by atoms with Crippen LogP contribution in [0.5, 0.6) is 0 Å². The molecule has 1 aromatic heterocycles. The molecule has 0 radical (unpaired) electrons. The molecule has 0 atom stereocenters. The molecule has 0 bridgehead atoms. The van der Waals surface area contributed by atoms with Gasteiger partial charge in [-0.05, 0) is 6.92 Å². The molecular formula is C9H9Cl2N3O4. The van der Waals surface area contributed by atoms with Gasteiger partial charge in [0.15, 0.2) is 0 Å². The number of imide groups is 1. The van der Waals surface area contributed by atoms with E-state index in [2.05, 4.69) is 9.84 Å². The van der Waals surface area contributed by atoms with Crippen molar-refractivity contribution < 1.29 is 14.3 Å². The number of nitrogens with one attached hydrogen (secondary N) is 1. The van der Waals surface area contributed by atoms with E-state index in [1.54, 1.807) is 6.92 Å². The predicted octanol–water partition coefficient (Wildman–Crippen LogP) is 0.823. The first-order valence-corrected chi connectivity index (χ1v) is 5.59. The molecular weight excluding hydrogens is 285 g/mol. The molecule has 1 heterocycles. The van der Waals surface area contributed by atoms with Crippen molar-refractivity contribution in [2.45, 2.75) is 13.5 Å². The number of alkyl carbamates (subject to hydrolysis) is 1. The summed E-state index contributed by atoms with van der Waals surface area (Å²) >= 11 is 11.2. The number of hydrogen-bond donors (Lipinski definition) is 1. The molecule has 0 aliphatic rings. The summed E-state index contributed by atoms with van der Waals surface area (Å²) in [6, 6.07) is 0. The number of ether oxygens (including phenoxy) is 1. The molecule has 9 heteroatoms. The van der Waals surface area contributed by atoms with Gasteiger partial charge in [-0.2, -0.15) is 5.10 Å². The number of carbonyl (C=O) groups is 2. The van der Waals surface area contributed by atoms with E-state index in [9.17, 15) is 14.4 Å².